The summed E-state index contributed by atoms with van der Waals surface area (Å²) in [5.74, 6) is 1.35. The van der Waals surface area contributed by atoms with Crippen LogP contribution >= 0.6 is 11.3 Å². The average molecular weight is 370 g/mol. The molecular formula is C20H22N2O3S. The fourth-order valence-corrected chi connectivity index (χ4v) is 4.78. The highest BCUT2D eigenvalue weighted by Crippen LogP contribution is 2.34. The van der Waals surface area contributed by atoms with Crippen LogP contribution in [-0.2, 0) is 19.4 Å². The summed E-state index contributed by atoms with van der Waals surface area (Å²) in [5, 5.41) is 11.1. The molecule has 1 aromatic carbocycles. The molecule has 1 aliphatic rings. The molecule has 1 N–H and O–H groups in total. The lowest BCUT2D eigenvalue weighted by Gasteiger charge is -2.16. The van der Waals surface area contributed by atoms with Crippen molar-refractivity contribution in [3.63, 3.8) is 0 Å². The van der Waals surface area contributed by atoms with Gasteiger partial charge in [-0.25, -0.2) is 4.98 Å². The highest BCUT2D eigenvalue weighted by molar-refractivity contribution is 7.18. The molecular weight excluding hydrogens is 348 g/mol. The number of thiophene rings is 1. The third kappa shape index (κ3) is 3.15. The Hall–Kier alpha value is -2.18. The maximum atomic E-state index is 13.0. The Morgan fingerprint density at radius 1 is 1.27 bits per heavy atom. The first-order valence-electron chi connectivity index (χ1n) is 8.92. The standard InChI is InChI=1S/C20H22N2O3S/c1-12-6-8-15(9-7-12)25-11-14(23)10-22-13(2)21-19-18(20(22)24)16-4-3-5-17(16)26-19/h6-9,14,23H,3-5,10-11H2,1-2H3/t14-/m0/s1. The van der Waals surface area contributed by atoms with Gasteiger partial charge in [0.25, 0.3) is 5.56 Å². The van der Waals surface area contributed by atoms with Crippen molar-refractivity contribution in [2.45, 2.75) is 45.8 Å². The van der Waals surface area contributed by atoms with Gasteiger partial charge in [0.15, 0.2) is 0 Å². The van der Waals surface area contributed by atoms with Gasteiger partial charge in [-0.2, -0.15) is 0 Å². The van der Waals surface area contributed by atoms with E-state index in [9.17, 15) is 9.90 Å². The quantitative estimate of drug-likeness (QED) is 0.750. The van der Waals surface area contributed by atoms with Crippen molar-refractivity contribution < 1.29 is 9.84 Å². The van der Waals surface area contributed by atoms with Crippen molar-refractivity contribution in [2.24, 2.45) is 0 Å². The summed E-state index contributed by atoms with van der Waals surface area (Å²) in [6, 6.07) is 7.68. The molecule has 0 radical (unpaired) electrons. The highest BCUT2D eigenvalue weighted by atomic mass is 32.1. The second kappa shape index (κ2) is 6.85. The maximum absolute atomic E-state index is 13.0. The molecule has 2 aromatic heterocycles. The van der Waals surface area contributed by atoms with E-state index in [0.717, 1.165) is 35.0 Å². The summed E-state index contributed by atoms with van der Waals surface area (Å²) in [4.78, 5) is 19.7. The summed E-state index contributed by atoms with van der Waals surface area (Å²) in [7, 11) is 0. The molecule has 0 fully saturated rings. The van der Waals surface area contributed by atoms with Crippen molar-refractivity contribution in [1.82, 2.24) is 9.55 Å². The smallest absolute Gasteiger partial charge is 0.262 e. The van der Waals surface area contributed by atoms with Crippen LogP contribution in [0.5, 0.6) is 5.75 Å². The molecule has 3 aromatic rings. The zero-order chi connectivity index (χ0) is 18.3. The van der Waals surface area contributed by atoms with Crippen LogP contribution in [-0.4, -0.2) is 27.4 Å². The van der Waals surface area contributed by atoms with E-state index in [0.29, 0.717) is 11.6 Å². The summed E-state index contributed by atoms with van der Waals surface area (Å²) in [5.41, 5.74) is 2.28. The molecule has 0 saturated carbocycles. The molecule has 0 saturated heterocycles. The third-order valence-electron chi connectivity index (χ3n) is 4.87. The number of aromatic nitrogens is 2. The van der Waals surface area contributed by atoms with E-state index in [-0.39, 0.29) is 18.7 Å². The normalized spacial score (nSPS) is 14.6. The number of rotatable bonds is 5. The minimum atomic E-state index is -0.779. The minimum Gasteiger partial charge on any atom is -0.491 e. The van der Waals surface area contributed by atoms with Crippen LogP contribution in [0.4, 0.5) is 0 Å². The number of hydrogen-bond donors (Lipinski definition) is 1. The molecule has 6 heteroatoms. The van der Waals surface area contributed by atoms with E-state index in [2.05, 4.69) is 4.98 Å². The van der Waals surface area contributed by atoms with Crippen molar-refractivity contribution >= 4 is 21.6 Å². The fraction of sp³-hybridized carbons (Fsp3) is 0.400. The summed E-state index contributed by atoms with van der Waals surface area (Å²) >= 11 is 1.64. The Kier molecular flexibility index (Phi) is 4.54. The molecule has 26 heavy (non-hydrogen) atoms. The molecule has 4 rings (SSSR count). The Morgan fingerprint density at radius 2 is 2.04 bits per heavy atom. The Balaban J connectivity index is 1.54. The van der Waals surface area contributed by atoms with Gasteiger partial charge < -0.3 is 9.84 Å². The number of nitrogens with zero attached hydrogens (tertiary/aromatic N) is 2. The van der Waals surface area contributed by atoms with Crippen LogP contribution in [0.25, 0.3) is 10.2 Å². The van der Waals surface area contributed by atoms with Gasteiger partial charge in [0, 0.05) is 4.88 Å². The predicted molar refractivity (Wildman–Crippen MR) is 103 cm³/mol. The summed E-state index contributed by atoms with van der Waals surface area (Å²) in [6.45, 7) is 4.15. The van der Waals surface area contributed by atoms with E-state index < -0.39 is 6.10 Å². The zero-order valence-corrected chi connectivity index (χ0v) is 15.8. The summed E-state index contributed by atoms with van der Waals surface area (Å²) < 4.78 is 7.22. The molecule has 0 spiro atoms. The monoisotopic (exact) mass is 370 g/mol. The van der Waals surface area contributed by atoms with E-state index in [1.807, 2.05) is 38.1 Å². The van der Waals surface area contributed by atoms with Gasteiger partial charge in [-0.3, -0.25) is 9.36 Å². The number of aliphatic hydroxyl groups excluding tert-OH is 1. The van der Waals surface area contributed by atoms with E-state index in [1.165, 1.54) is 10.4 Å². The van der Waals surface area contributed by atoms with Crippen molar-refractivity contribution in [3.05, 3.63) is 56.4 Å². The second-order valence-electron chi connectivity index (χ2n) is 6.89. The van der Waals surface area contributed by atoms with E-state index in [1.54, 1.807) is 15.9 Å². The molecule has 136 valence electrons. The lowest BCUT2D eigenvalue weighted by molar-refractivity contribution is 0.0909. The van der Waals surface area contributed by atoms with E-state index in [4.69, 9.17) is 4.74 Å². The number of aliphatic hydroxyl groups is 1. The number of aryl methyl sites for hydroxylation is 4. The number of fused-ring (bicyclic) bond motifs is 3. The molecule has 0 aliphatic heterocycles. The lowest BCUT2D eigenvalue weighted by Crippen LogP contribution is -2.32. The topological polar surface area (TPSA) is 64.3 Å². The van der Waals surface area contributed by atoms with E-state index >= 15 is 0 Å². The fourth-order valence-electron chi connectivity index (χ4n) is 3.48. The number of hydrogen-bond acceptors (Lipinski definition) is 5. The number of benzene rings is 1. The first-order chi connectivity index (χ1) is 12.5. The van der Waals surface area contributed by atoms with Gasteiger partial charge in [-0.1, -0.05) is 17.7 Å². The van der Waals surface area contributed by atoms with Gasteiger partial charge in [0.1, 0.15) is 29.1 Å². The maximum Gasteiger partial charge on any atom is 0.262 e. The summed E-state index contributed by atoms with van der Waals surface area (Å²) in [6.07, 6.45) is 2.33. The predicted octanol–water partition coefficient (Wildman–Crippen LogP) is 3.00. The molecule has 1 atom stereocenters. The SMILES string of the molecule is Cc1ccc(OC[C@@H](O)Cn2c(C)nc3sc4c(c3c2=O)CCC4)cc1. The zero-order valence-electron chi connectivity index (χ0n) is 15.0. The van der Waals surface area contributed by atoms with Gasteiger partial charge in [0.05, 0.1) is 11.9 Å². The van der Waals surface area contributed by atoms with Gasteiger partial charge in [0.2, 0.25) is 0 Å². The third-order valence-corrected chi connectivity index (χ3v) is 6.06. The van der Waals surface area contributed by atoms with Gasteiger partial charge in [-0.15, -0.1) is 11.3 Å². The van der Waals surface area contributed by atoms with Crippen LogP contribution in [0.2, 0.25) is 0 Å². The Labute approximate surface area is 155 Å². The number of ether oxygens (including phenoxy) is 1. The first-order valence-corrected chi connectivity index (χ1v) is 9.74. The molecule has 5 nitrogen and oxygen atoms in total. The van der Waals surface area contributed by atoms with Crippen LogP contribution < -0.4 is 10.3 Å². The van der Waals surface area contributed by atoms with Crippen molar-refractivity contribution in [3.8, 4) is 5.75 Å². The van der Waals surface area contributed by atoms with Crippen molar-refractivity contribution in [2.75, 3.05) is 6.61 Å². The van der Waals surface area contributed by atoms with Gasteiger partial charge >= 0.3 is 0 Å². The molecule has 2 heterocycles. The average Bonchev–Trinajstić information content (AvgIpc) is 3.18. The Bertz CT molecular complexity index is 1000. The molecule has 1 aliphatic carbocycles. The first kappa shape index (κ1) is 17.2. The van der Waals surface area contributed by atoms with Crippen LogP contribution in [0, 0.1) is 13.8 Å². The van der Waals surface area contributed by atoms with Crippen LogP contribution in [0.3, 0.4) is 0 Å². The van der Waals surface area contributed by atoms with Crippen LogP contribution in [0.15, 0.2) is 29.1 Å². The van der Waals surface area contributed by atoms with Crippen LogP contribution in [0.1, 0.15) is 28.2 Å². The molecule has 0 unspecified atom stereocenters. The van der Waals surface area contributed by atoms with Crippen molar-refractivity contribution in [1.29, 1.82) is 0 Å². The molecule has 0 amide bonds. The second-order valence-corrected chi connectivity index (χ2v) is 7.97. The largest absolute Gasteiger partial charge is 0.491 e. The highest BCUT2D eigenvalue weighted by Gasteiger charge is 2.23. The van der Waals surface area contributed by atoms with Gasteiger partial charge in [-0.05, 0) is 50.8 Å². The minimum absolute atomic E-state index is 0.0405. The molecule has 0 bridgehead atoms. The Morgan fingerprint density at radius 3 is 2.81 bits per heavy atom. The lowest BCUT2D eigenvalue weighted by atomic mass is 10.2.